The van der Waals surface area contributed by atoms with E-state index >= 15 is 0 Å². The highest BCUT2D eigenvalue weighted by Gasteiger charge is 2.38. The zero-order valence-electron chi connectivity index (χ0n) is 17.4. The summed E-state index contributed by atoms with van der Waals surface area (Å²) in [5.41, 5.74) is 3.12. The number of allylic oxidation sites excluding steroid dienone is 2. The van der Waals surface area contributed by atoms with E-state index in [9.17, 15) is 14.7 Å². The molecule has 7 heteroatoms. The number of hydrogen-bond acceptors (Lipinski definition) is 5. The van der Waals surface area contributed by atoms with E-state index in [1.54, 1.807) is 19.2 Å². The van der Waals surface area contributed by atoms with Crippen LogP contribution in [0.15, 0.2) is 52.1 Å². The molecule has 1 heterocycles. The van der Waals surface area contributed by atoms with Crippen molar-refractivity contribution in [2.75, 3.05) is 13.7 Å². The molecule has 0 bridgehead atoms. The first-order chi connectivity index (χ1) is 14.9. The molecule has 1 amide bonds. The molecule has 0 saturated carbocycles. The molecule has 0 aromatic heterocycles. The first kappa shape index (κ1) is 21.4. The van der Waals surface area contributed by atoms with Crippen molar-refractivity contribution in [3.8, 4) is 17.2 Å². The first-order valence-corrected chi connectivity index (χ1v) is 11.1. The minimum atomic E-state index is -0.376. The third-order valence-electron chi connectivity index (χ3n) is 5.85. The van der Waals surface area contributed by atoms with Crippen LogP contribution >= 0.6 is 15.9 Å². The van der Waals surface area contributed by atoms with E-state index < -0.39 is 0 Å². The maximum atomic E-state index is 13.3. The van der Waals surface area contributed by atoms with E-state index in [-0.39, 0.29) is 35.7 Å². The molecular formula is C24H24BrNO5. The minimum Gasteiger partial charge on any atom is -0.503 e. The fourth-order valence-corrected chi connectivity index (χ4v) is 4.90. The van der Waals surface area contributed by atoms with Crippen molar-refractivity contribution in [1.82, 2.24) is 5.32 Å². The number of Topliss-reactive ketones (excluding diaryl/α,β-unsaturated/α-hetero) is 1. The predicted molar refractivity (Wildman–Crippen MR) is 119 cm³/mol. The van der Waals surface area contributed by atoms with Crippen molar-refractivity contribution < 1.29 is 24.2 Å². The van der Waals surface area contributed by atoms with Gasteiger partial charge in [0.15, 0.2) is 17.3 Å². The van der Waals surface area contributed by atoms with Crippen molar-refractivity contribution in [1.29, 1.82) is 0 Å². The Morgan fingerprint density at radius 2 is 1.94 bits per heavy atom. The monoisotopic (exact) mass is 485 g/mol. The Kier molecular flexibility index (Phi) is 6.05. The largest absolute Gasteiger partial charge is 0.503 e. The van der Waals surface area contributed by atoms with Gasteiger partial charge in [-0.15, -0.1) is 0 Å². The lowest BCUT2D eigenvalue weighted by Crippen LogP contribution is -2.38. The smallest absolute Gasteiger partial charge is 0.225 e. The highest BCUT2D eigenvalue weighted by Crippen LogP contribution is 2.45. The fraction of sp³-hybridized carbons (Fsp3) is 0.333. The number of phenolic OH excluding ortho intramolecular Hbond substituents is 1. The quantitative estimate of drug-likeness (QED) is 0.647. The van der Waals surface area contributed by atoms with E-state index in [0.29, 0.717) is 40.9 Å². The number of phenols is 1. The van der Waals surface area contributed by atoms with Crippen molar-refractivity contribution in [3.05, 3.63) is 63.3 Å². The second-order valence-electron chi connectivity index (χ2n) is 7.78. The summed E-state index contributed by atoms with van der Waals surface area (Å²) < 4.78 is 11.3. The van der Waals surface area contributed by atoms with Gasteiger partial charge in [-0.25, -0.2) is 0 Å². The van der Waals surface area contributed by atoms with Gasteiger partial charge in [0.05, 0.1) is 18.2 Å². The molecule has 2 aromatic carbocycles. The Hall–Kier alpha value is -2.80. The minimum absolute atomic E-state index is 0.00752. The average Bonchev–Trinajstić information content (AvgIpc) is 2.76. The van der Waals surface area contributed by atoms with Gasteiger partial charge in [0.2, 0.25) is 5.91 Å². The molecule has 4 rings (SSSR count). The van der Waals surface area contributed by atoms with E-state index in [1.807, 2.05) is 31.2 Å². The number of methoxy groups -OCH3 is 1. The van der Waals surface area contributed by atoms with Gasteiger partial charge in [-0.2, -0.15) is 0 Å². The number of halogens is 1. The summed E-state index contributed by atoms with van der Waals surface area (Å²) in [6.45, 7) is 2.22. The molecule has 1 aliphatic carbocycles. The van der Waals surface area contributed by atoms with Gasteiger partial charge in [0.1, 0.15) is 5.75 Å². The van der Waals surface area contributed by atoms with Crippen LogP contribution in [-0.2, 0) is 9.59 Å². The second-order valence-corrected chi connectivity index (χ2v) is 8.64. The highest BCUT2D eigenvalue weighted by atomic mass is 79.9. The van der Waals surface area contributed by atoms with Crippen LogP contribution in [0.5, 0.6) is 17.2 Å². The summed E-state index contributed by atoms with van der Waals surface area (Å²) in [7, 11) is 1.62. The third-order valence-corrected chi connectivity index (χ3v) is 6.46. The zero-order chi connectivity index (χ0) is 22.1. The molecule has 1 aliphatic heterocycles. The number of ketones is 1. The van der Waals surface area contributed by atoms with Crippen LogP contribution in [0.25, 0.3) is 0 Å². The highest BCUT2D eigenvalue weighted by molar-refractivity contribution is 9.10. The van der Waals surface area contributed by atoms with Gasteiger partial charge in [-0.05, 0) is 70.6 Å². The SMILES string of the molecule is CCOc1cc(C2CC(=O)NC3=C2C(=O)CC(c2cccc(OC)c2)C3)cc(Br)c1O. The Labute approximate surface area is 189 Å². The summed E-state index contributed by atoms with van der Waals surface area (Å²) in [6.07, 6.45) is 1.13. The normalized spacial score (nSPS) is 20.9. The van der Waals surface area contributed by atoms with E-state index in [0.717, 1.165) is 16.9 Å². The summed E-state index contributed by atoms with van der Waals surface area (Å²) in [5.74, 6) is 0.592. The van der Waals surface area contributed by atoms with Crippen molar-refractivity contribution in [2.45, 2.75) is 38.0 Å². The summed E-state index contributed by atoms with van der Waals surface area (Å²) in [4.78, 5) is 25.8. The van der Waals surface area contributed by atoms with Crippen molar-refractivity contribution in [2.24, 2.45) is 0 Å². The molecule has 162 valence electrons. The molecule has 2 atom stereocenters. The molecule has 2 aliphatic rings. The fourth-order valence-electron chi connectivity index (χ4n) is 4.44. The van der Waals surface area contributed by atoms with Gasteiger partial charge in [0.25, 0.3) is 0 Å². The molecule has 0 fully saturated rings. The third kappa shape index (κ3) is 4.19. The number of ether oxygens (including phenoxy) is 2. The Morgan fingerprint density at radius 1 is 1.13 bits per heavy atom. The average molecular weight is 486 g/mol. The molecule has 0 saturated heterocycles. The number of aromatic hydroxyl groups is 1. The molecule has 2 aromatic rings. The van der Waals surface area contributed by atoms with Crippen LogP contribution in [0, 0.1) is 0 Å². The maximum Gasteiger partial charge on any atom is 0.225 e. The Bertz CT molecular complexity index is 1080. The number of benzene rings is 2. The summed E-state index contributed by atoms with van der Waals surface area (Å²) >= 11 is 3.36. The summed E-state index contributed by atoms with van der Waals surface area (Å²) in [5, 5.41) is 13.2. The molecule has 2 unspecified atom stereocenters. The van der Waals surface area contributed by atoms with Gasteiger partial charge < -0.3 is 19.9 Å². The standard InChI is InChI=1S/C24H24BrNO5/c1-3-31-21-11-15(8-18(25)24(21)29)17-12-22(28)26-19-9-14(10-20(27)23(17)19)13-5-4-6-16(7-13)30-2/h4-8,11,14,17,29H,3,9-10,12H2,1-2H3,(H,26,28). The predicted octanol–water partition coefficient (Wildman–Crippen LogP) is 4.57. The van der Waals surface area contributed by atoms with Crippen LogP contribution in [-0.4, -0.2) is 30.5 Å². The van der Waals surface area contributed by atoms with Gasteiger partial charge in [-0.3, -0.25) is 9.59 Å². The second kappa shape index (κ2) is 8.75. The van der Waals surface area contributed by atoms with Crippen molar-refractivity contribution in [3.63, 3.8) is 0 Å². The van der Waals surface area contributed by atoms with E-state index in [4.69, 9.17) is 9.47 Å². The Balaban J connectivity index is 1.72. The first-order valence-electron chi connectivity index (χ1n) is 10.3. The van der Waals surface area contributed by atoms with Gasteiger partial charge in [-0.1, -0.05) is 12.1 Å². The number of hydrogen-bond donors (Lipinski definition) is 2. The number of rotatable bonds is 5. The van der Waals surface area contributed by atoms with Gasteiger partial charge in [0, 0.05) is 30.0 Å². The lowest BCUT2D eigenvalue weighted by atomic mass is 9.73. The van der Waals surface area contributed by atoms with Crippen LogP contribution in [0.4, 0.5) is 0 Å². The zero-order valence-corrected chi connectivity index (χ0v) is 19.0. The lowest BCUT2D eigenvalue weighted by Gasteiger charge is -2.34. The number of amides is 1. The number of carbonyl (C=O) groups is 2. The summed E-state index contributed by atoms with van der Waals surface area (Å²) in [6, 6.07) is 11.2. The molecular weight excluding hydrogens is 462 g/mol. The lowest BCUT2D eigenvalue weighted by molar-refractivity contribution is -0.122. The van der Waals surface area contributed by atoms with Gasteiger partial charge >= 0.3 is 0 Å². The topological polar surface area (TPSA) is 84.9 Å². The molecule has 31 heavy (non-hydrogen) atoms. The van der Waals surface area contributed by atoms with Crippen LogP contribution in [0.2, 0.25) is 0 Å². The number of carbonyl (C=O) groups excluding carboxylic acids is 2. The number of nitrogens with one attached hydrogen (secondary N) is 1. The van der Waals surface area contributed by atoms with Crippen molar-refractivity contribution >= 4 is 27.6 Å². The molecule has 2 N–H and O–H groups in total. The van der Waals surface area contributed by atoms with E-state index in [1.165, 1.54) is 0 Å². The molecule has 0 radical (unpaired) electrons. The Morgan fingerprint density at radius 3 is 2.68 bits per heavy atom. The molecule has 6 nitrogen and oxygen atoms in total. The maximum absolute atomic E-state index is 13.3. The van der Waals surface area contributed by atoms with Crippen LogP contribution in [0.3, 0.4) is 0 Å². The molecule has 0 spiro atoms. The van der Waals surface area contributed by atoms with Crippen LogP contribution in [0.1, 0.15) is 49.1 Å². The van der Waals surface area contributed by atoms with Crippen LogP contribution < -0.4 is 14.8 Å². The van der Waals surface area contributed by atoms with E-state index in [2.05, 4.69) is 21.2 Å².